The fourth-order valence-electron chi connectivity index (χ4n) is 5.07. The third-order valence-electron chi connectivity index (χ3n) is 6.73. The van der Waals surface area contributed by atoms with Gasteiger partial charge in [0.15, 0.2) is 5.78 Å². The lowest BCUT2D eigenvalue weighted by molar-refractivity contribution is -0.143. The van der Waals surface area contributed by atoms with Gasteiger partial charge in [0, 0.05) is 35.0 Å². The number of carbonyl (C=O) groups excluding carboxylic acids is 2. The maximum Gasteiger partial charge on any atom is 0.337 e. The Hall–Kier alpha value is -3.74. The highest BCUT2D eigenvalue weighted by molar-refractivity contribution is 6.04. The van der Waals surface area contributed by atoms with Gasteiger partial charge in [-0.25, -0.2) is 4.79 Å². The van der Waals surface area contributed by atoms with Crippen LogP contribution in [0.3, 0.4) is 0 Å². The Morgan fingerprint density at radius 1 is 0.944 bits per heavy atom. The molecule has 0 saturated carbocycles. The van der Waals surface area contributed by atoms with Crippen LogP contribution in [0.25, 0.3) is 0 Å². The van der Waals surface area contributed by atoms with Crippen LogP contribution >= 0.6 is 0 Å². The van der Waals surface area contributed by atoms with E-state index in [1.165, 1.54) is 0 Å². The number of ketones is 1. The SMILES string of the molecule is COc1ccc([C@@H]2CC(=O)C3=C(C2)NC(C)=C(C(=O)OC(C)C)[C@H]3c2ccc(OC)cc2OC)cc1. The van der Waals surface area contributed by atoms with Crippen LogP contribution in [-0.4, -0.2) is 39.2 Å². The number of carbonyl (C=O) groups is 2. The molecule has 1 aliphatic carbocycles. The van der Waals surface area contributed by atoms with Crippen LogP contribution in [0.15, 0.2) is 65.0 Å². The largest absolute Gasteiger partial charge is 0.497 e. The molecule has 7 nitrogen and oxygen atoms in total. The van der Waals surface area contributed by atoms with E-state index in [2.05, 4.69) is 5.32 Å². The van der Waals surface area contributed by atoms with E-state index in [0.29, 0.717) is 41.2 Å². The molecule has 0 bridgehead atoms. The number of hydrogen-bond donors (Lipinski definition) is 1. The van der Waals surface area contributed by atoms with Gasteiger partial charge in [0.25, 0.3) is 0 Å². The van der Waals surface area contributed by atoms with Gasteiger partial charge in [0.2, 0.25) is 0 Å². The van der Waals surface area contributed by atoms with Crippen molar-refractivity contribution in [2.24, 2.45) is 0 Å². The zero-order valence-corrected chi connectivity index (χ0v) is 21.6. The van der Waals surface area contributed by atoms with Gasteiger partial charge in [0.1, 0.15) is 17.2 Å². The molecule has 0 saturated heterocycles. The van der Waals surface area contributed by atoms with Crippen molar-refractivity contribution >= 4 is 11.8 Å². The Kier molecular flexibility index (Phi) is 7.38. The van der Waals surface area contributed by atoms with E-state index in [9.17, 15) is 9.59 Å². The van der Waals surface area contributed by atoms with E-state index >= 15 is 0 Å². The molecular formula is C29H33NO6. The minimum absolute atomic E-state index is 0.00483. The monoisotopic (exact) mass is 491 g/mol. The quantitative estimate of drug-likeness (QED) is 0.544. The maximum atomic E-state index is 13.8. The van der Waals surface area contributed by atoms with Crippen molar-refractivity contribution in [1.82, 2.24) is 5.32 Å². The minimum Gasteiger partial charge on any atom is -0.497 e. The summed E-state index contributed by atoms with van der Waals surface area (Å²) in [6, 6.07) is 13.3. The first kappa shape index (κ1) is 25.4. The number of Topliss-reactive ketones (excluding diaryl/α,β-unsaturated/α-hetero) is 1. The van der Waals surface area contributed by atoms with Crippen molar-refractivity contribution in [1.29, 1.82) is 0 Å². The van der Waals surface area contributed by atoms with Crippen LogP contribution in [0.4, 0.5) is 0 Å². The predicted octanol–water partition coefficient (Wildman–Crippen LogP) is 5.03. The van der Waals surface area contributed by atoms with Crippen molar-refractivity contribution in [3.05, 3.63) is 76.1 Å². The zero-order chi connectivity index (χ0) is 26.0. The average molecular weight is 492 g/mol. The Labute approximate surface area is 212 Å². The molecular weight excluding hydrogens is 458 g/mol. The summed E-state index contributed by atoms with van der Waals surface area (Å²) in [6.07, 6.45) is 0.688. The lowest BCUT2D eigenvalue weighted by Gasteiger charge is -2.37. The van der Waals surface area contributed by atoms with Crippen molar-refractivity contribution in [3.8, 4) is 17.2 Å². The van der Waals surface area contributed by atoms with Gasteiger partial charge in [-0.3, -0.25) is 4.79 Å². The number of esters is 1. The van der Waals surface area contributed by atoms with Crippen molar-refractivity contribution < 1.29 is 28.5 Å². The summed E-state index contributed by atoms with van der Waals surface area (Å²) in [4.78, 5) is 27.1. The van der Waals surface area contributed by atoms with Crippen LogP contribution in [0.2, 0.25) is 0 Å². The number of dihydropyridines is 1. The molecule has 0 radical (unpaired) electrons. The van der Waals surface area contributed by atoms with E-state index in [1.807, 2.05) is 57.2 Å². The summed E-state index contributed by atoms with van der Waals surface area (Å²) in [5, 5.41) is 3.38. The summed E-state index contributed by atoms with van der Waals surface area (Å²) < 4.78 is 22.0. The van der Waals surface area contributed by atoms with Crippen molar-refractivity contribution in [2.45, 2.75) is 51.6 Å². The number of rotatable bonds is 7. The fourth-order valence-corrected chi connectivity index (χ4v) is 5.07. The van der Waals surface area contributed by atoms with Crippen LogP contribution in [0, 0.1) is 0 Å². The van der Waals surface area contributed by atoms with Gasteiger partial charge in [0.05, 0.1) is 38.9 Å². The molecule has 2 aliphatic rings. The summed E-state index contributed by atoms with van der Waals surface area (Å²) in [7, 11) is 4.78. The first-order valence-electron chi connectivity index (χ1n) is 12.1. The highest BCUT2D eigenvalue weighted by Gasteiger charge is 2.42. The van der Waals surface area contributed by atoms with Crippen molar-refractivity contribution in [3.63, 3.8) is 0 Å². The number of methoxy groups -OCH3 is 3. The molecule has 0 unspecified atom stereocenters. The molecule has 190 valence electrons. The average Bonchev–Trinajstić information content (AvgIpc) is 2.86. The van der Waals surface area contributed by atoms with E-state index in [4.69, 9.17) is 18.9 Å². The smallest absolute Gasteiger partial charge is 0.337 e. The van der Waals surface area contributed by atoms with Gasteiger partial charge in [-0.15, -0.1) is 0 Å². The second-order valence-corrected chi connectivity index (χ2v) is 9.35. The summed E-state index contributed by atoms with van der Waals surface area (Å²) in [5.74, 6) is 0.892. The van der Waals surface area contributed by atoms with Crippen LogP contribution in [0.5, 0.6) is 17.2 Å². The second-order valence-electron chi connectivity index (χ2n) is 9.35. The van der Waals surface area contributed by atoms with Crippen LogP contribution < -0.4 is 19.5 Å². The number of allylic oxidation sites excluding steroid dienone is 3. The lowest BCUT2D eigenvalue weighted by atomic mass is 9.71. The van der Waals surface area contributed by atoms with Gasteiger partial charge < -0.3 is 24.3 Å². The third-order valence-corrected chi connectivity index (χ3v) is 6.73. The summed E-state index contributed by atoms with van der Waals surface area (Å²) in [6.45, 7) is 5.47. The predicted molar refractivity (Wildman–Crippen MR) is 136 cm³/mol. The molecule has 7 heteroatoms. The summed E-state index contributed by atoms with van der Waals surface area (Å²) >= 11 is 0. The van der Waals surface area contributed by atoms with Gasteiger partial charge in [-0.05, 0) is 56.9 Å². The highest BCUT2D eigenvalue weighted by Crippen LogP contribution is 2.48. The van der Waals surface area contributed by atoms with E-state index in [-0.39, 0.29) is 17.8 Å². The standard InChI is InChI=1S/C29H33NO6/c1-16(2)36-29(32)26-17(3)30-23-13-19(18-7-9-20(33-4)10-8-18)14-24(31)28(23)27(26)22-12-11-21(34-5)15-25(22)35-6/h7-12,15-16,19,27,30H,13-14H2,1-6H3/t19-,27+/m0/s1. The van der Waals surface area contributed by atoms with Gasteiger partial charge in [-0.2, -0.15) is 0 Å². The third kappa shape index (κ3) is 4.83. The highest BCUT2D eigenvalue weighted by atomic mass is 16.5. The molecule has 2 aromatic carbocycles. The Morgan fingerprint density at radius 2 is 1.61 bits per heavy atom. The minimum atomic E-state index is -0.613. The Balaban J connectivity index is 1.82. The molecule has 0 amide bonds. The molecule has 0 spiro atoms. The zero-order valence-electron chi connectivity index (χ0n) is 21.6. The van der Waals surface area contributed by atoms with E-state index in [0.717, 1.165) is 22.6 Å². The first-order chi connectivity index (χ1) is 17.3. The molecule has 4 rings (SSSR count). The fraction of sp³-hybridized carbons (Fsp3) is 0.379. The molecule has 1 N–H and O–H groups in total. The van der Waals surface area contributed by atoms with Gasteiger partial charge >= 0.3 is 5.97 Å². The normalized spacial score (nSPS) is 19.6. The summed E-state index contributed by atoms with van der Waals surface area (Å²) in [5.41, 5.74) is 4.30. The van der Waals surface area contributed by atoms with Crippen LogP contribution in [0.1, 0.15) is 56.6 Å². The molecule has 2 aromatic rings. The number of nitrogens with one attached hydrogen (secondary N) is 1. The number of ether oxygens (including phenoxy) is 4. The number of benzene rings is 2. The lowest BCUT2D eigenvalue weighted by Crippen LogP contribution is -2.36. The molecule has 36 heavy (non-hydrogen) atoms. The van der Waals surface area contributed by atoms with Gasteiger partial charge in [-0.1, -0.05) is 18.2 Å². The first-order valence-corrected chi connectivity index (χ1v) is 12.1. The number of hydrogen-bond acceptors (Lipinski definition) is 7. The van der Waals surface area contributed by atoms with Crippen LogP contribution in [-0.2, 0) is 14.3 Å². The second kappa shape index (κ2) is 10.5. The molecule has 0 fully saturated rings. The molecule has 1 heterocycles. The van der Waals surface area contributed by atoms with Crippen molar-refractivity contribution in [2.75, 3.05) is 21.3 Å². The Morgan fingerprint density at radius 3 is 2.22 bits per heavy atom. The van der Waals surface area contributed by atoms with E-state index in [1.54, 1.807) is 27.4 Å². The molecule has 0 aromatic heterocycles. The maximum absolute atomic E-state index is 13.8. The Bertz CT molecular complexity index is 1220. The topological polar surface area (TPSA) is 83.1 Å². The molecule has 2 atom stereocenters. The molecule has 1 aliphatic heterocycles. The van der Waals surface area contributed by atoms with E-state index < -0.39 is 11.9 Å².